The lowest BCUT2D eigenvalue weighted by Crippen LogP contribution is -2.69. The Balaban J connectivity index is 0.000000139. The second-order valence-electron chi connectivity index (χ2n) is 36.9. The summed E-state index contributed by atoms with van der Waals surface area (Å²) in [4.78, 5) is 94.5. The minimum atomic E-state index is -4.62. The molecular weight excluding hydrogens is 1590 g/mol. The van der Waals surface area contributed by atoms with Crippen molar-refractivity contribution < 1.29 is 81.7 Å². The maximum absolute atomic E-state index is 17.4. The highest BCUT2D eigenvalue weighted by molar-refractivity contribution is 8.00. The Morgan fingerprint density at radius 1 is 0.559 bits per heavy atom. The molecule has 14 unspecified atom stereocenters. The second-order valence-corrected chi connectivity index (χ2v) is 40.3. The number of halogens is 5. The van der Waals surface area contributed by atoms with Crippen LogP contribution < -0.4 is 4.74 Å². The van der Waals surface area contributed by atoms with Gasteiger partial charge in [-0.3, -0.25) is 28.8 Å². The van der Waals surface area contributed by atoms with Crippen LogP contribution in [0.2, 0.25) is 5.02 Å². The Kier molecular flexibility index (Phi) is 22.8. The Bertz CT molecular complexity index is 5010. The molecule has 9 fully saturated rings. The van der Waals surface area contributed by atoms with Crippen molar-refractivity contribution in [2.24, 2.45) is 97.6 Å². The summed E-state index contributed by atoms with van der Waals surface area (Å²) in [6, 6.07) is 25.2. The predicted molar refractivity (Wildman–Crippen MR) is 443 cm³/mol. The van der Waals surface area contributed by atoms with E-state index in [1.165, 1.54) is 35.7 Å². The van der Waals surface area contributed by atoms with E-state index >= 15 is 4.39 Å². The van der Waals surface area contributed by atoms with Crippen LogP contribution in [0.5, 0.6) is 11.5 Å². The molecule has 17 rings (SSSR count). The van der Waals surface area contributed by atoms with Gasteiger partial charge in [-0.25, -0.2) is 24.3 Å². The lowest BCUT2D eigenvalue weighted by Gasteiger charge is -2.62. The summed E-state index contributed by atoms with van der Waals surface area (Å²) in [6.45, 7) is 17.6. The van der Waals surface area contributed by atoms with E-state index in [0.717, 1.165) is 88.2 Å². The number of fused-ring (bicyclic) bond motifs is 15. The average Bonchev–Trinajstić information content (AvgIpc) is 1.44. The van der Waals surface area contributed by atoms with Crippen LogP contribution in [0.15, 0.2) is 190 Å². The molecule has 0 saturated heterocycles. The van der Waals surface area contributed by atoms with Gasteiger partial charge in [-0.05, 0) is 228 Å². The number of carbonyl (C=O) groups excluding carboxylic acids is 6. The normalized spacial score (nSPS) is 39.5. The van der Waals surface area contributed by atoms with Crippen molar-refractivity contribution in [3.05, 3.63) is 186 Å². The number of allylic oxidation sites excluding steroid dienone is 12. The summed E-state index contributed by atoms with van der Waals surface area (Å²) >= 11 is 9.35. The number of carbonyl (C=O) groups is 6. The Labute approximate surface area is 703 Å². The van der Waals surface area contributed by atoms with Crippen molar-refractivity contribution in [2.75, 3.05) is 17.3 Å². The first-order valence-electron chi connectivity index (χ1n) is 41.1. The molecular formula is C93H103ClF4N4O13S3. The number of hydrogen-bond acceptors (Lipinski definition) is 20. The minimum Gasteiger partial charge on any atom is -0.457 e. The molecule has 2 heterocycles. The van der Waals surface area contributed by atoms with Crippen molar-refractivity contribution >= 4 is 81.6 Å². The number of ether oxygens (including phenoxy) is 1. The minimum absolute atomic E-state index is 0.00912. The summed E-state index contributed by atoms with van der Waals surface area (Å²) in [5.74, 6) is -1.15. The maximum Gasteiger partial charge on any atom is 0.433 e. The first-order chi connectivity index (χ1) is 55.6. The zero-order chi connectivity index (χ0) is 84.6. The van der Waals surface area contributed by atoms with Gasteiger partial charge in [-0.15, -0.1) is 11.8 Å². The Morgan fingerprint density at radius 2 is 1.11 bits per heavy atom. The van der Waals surface area contributed by atoms with Crippen LogP contribution >= 0.6 is 46.9 Å². The number of nitrogens with zero attached hydrogens (tertiary/aromatic N) is 4. The molecule has 25 heteroatoms. The van der Waals surface area contributed by atoms with Crippen molar-refractivity contribution in [3.63, 3.8) is 0 Å². The number of aromatic nitrogens is 4. The molecule has 0 spiro atoms. The first-order valence-corrected chi connectivity index (χ1v) is 44.5. The summed E-state index contributed by atoms with van der Waals surface area (Å²) in [5.41, 5.74) is -7.88. The van der Waals surface area contributed by atoms with E-state index in [0.29, 0.717) is 54.5 Å². The van der Waals surface area contributed by atoms with Gasteiger partial charge in [0.2, 0.25) is 0 Å². The molecule has 0 bridgehead atoms. The van der Waals surface area contributed by atoms with Gasteiger partial charge in [0.15, 0.2) is 50.7 Å². The molecule has 626 valence electrons. The number of aliphatic hydroxyl groups is 6. The van der Waals surface area contributed by atoms with E-state index in [1.807, 2.05) is 126 Å². The summed E-state index contributed by atoms with van der Waals surface area (Å²) in [5, 5.41) is 71.9. The molecule has 2 aromatic heterocycles. The largest absolute Gasteiger partial charge is 0.457 e. The highest BCUT2D eigenvalue weighted by Gasteiger charge is 2.77. The fourth-order valence-electron chi connectivity index (χ4n) is 25.3. The third-order valence-electron chi connectivity index (χ3n) is 31.1. The predicted octanol–water partition coefficient (Wildman–Crippen LogP) is 16.6. The van der Waals surface area contributed by atoms with Gasteiger partial charge in [0.25, 0.3) is 0 Å². The Hall–Kier alpha value is -7.10. The fourth-order valence-corrected chi connectivity index (χ4v) is 27.8. The number of para-hydroxylation sites is 1. The standard InChI is InChI=1S/C34H37FO5S.C32H35ClN2O4S.C27H31F3N2O4S/c1-21-17-28-27-14-9-22-18-23(36)15-16-31(22,2)33(27,35)29(37)19-32(28,3)34(21,39)30(38)20-41-26-12-10-25(11-13-26)40-24-7-5-4-6-8-24;1-18-12-23-24-9-11-32(39,31(24,3)14-26(37)28(23)30(2)10-8-22(36)13-25(18)30)27(38)17-40-29-34-15-20(16-35-29)19-4-6-21(33)7-5-19;1-14-10-18-17-5-4-15-11-16(33)6-8-24(15,2)22(17)19(34)12-25(18,3)26(14,36)21(35)13-37-23-31-9-7-20(32-23)27(28,29)30/h4-8,10-13,15-16,18,21,27-29,37,39H,9,14,17,19-20H2,1-3H3;4-8,10,13,15-16,18,23-24,26,28,37,39H,9,11-12,14,17H2,1-3H3;6-9,11,14,17-19,22,34,36H,4-5,10,12-13H2,1-3H3/t21-,27?,28?,29+,31?,32?,33+,34+;18-,23?,24?,26-,28?,30?,31?,32-;14-,17?,18?,19+,22?,24?,25?,26+/m101/s1. The summed E-state index contributed by atoms with van der Waals surface area (Å²) in [7, 11) is 0. The zero-order valence-corrected chi connectivity index (χ0v) is 70.9. The SMILES string of the molecule is C[C@@H]1CC2C3CCC4=CC(=O)C=CC4(C)C3[C@@H](O)CC2(C)[C@@]1(O)C(=O)CSc1nccc(C(F)(F)F)n1.C[C@@H]1CC2C3CCC4=CC(=O)C=CC4(C)[C@@]3(F)[C@@H](O)CC2(C)[C@@]1(O)C(=O)CSc1ccc(Oc2ccccc2)cc1.C[C@H]1CC2C([C@@H](O)CC3(C)C2CC[C@]3(O)C(=O)CSc2ncc(-c3ccc(Cl)cc3)cn2)C2(C)C=CC(=O)C=C12. The number of hydrogen-bond donors (Lipinski definition) is 6. The molecule has 12 aliphatic carbocycles. The molecule has 17 nitrogen and oxygen atoms in total. The van der Waals surface area contributed by atoms with Crippen LogP contribution in [0.1, 0.15) is 145 Å². The van der Waals surface area contributed by atoms with E-state index in [2.05, 4.69) is 40.7 Å². The van der Waals surface area contributed by atoms with E-state index in [4.69, 9.17) is 16.3 Å². The van der Waals surface area contributed by atoms with Crippen LogP contribution in [-0.4, -0.2) is 143 Å². The Morgan fingerprint density at radius 3 is 1.76 bits per heavy atom. The smallest absolute Gasteiger partial charge is 0.433 e. The topological polar surface area (TPSA) is 285 Å². The summed E-state index contributed by atoms with van der Waals surface area (Å²) in [6.07, 6.45) is 18.2. The van der Waals surface area contributed by atoms with Crippen LogP contribution in [0.4, 0.5) is 17.6 Å². The van der Waals surface area contributed by atoms with Crippen LogP contribution in [0.3, 0.4) is 0 Å². The number of ketones is 6. The number of aliphatic hydroxyl groups excluding tert-OH is 3. The highest BCUT2D eigenvalue weighted by atomic mass is 35.5. The van der Waals surface area contributed by atoms with E-state index in [-0.39, 0.29) is 117 Å². The molecule has 6 N–H and O–H groups in total. The van der Waals surface area contributed by atoms with Gasteiger partial charge in [0.1, 0.15) is 34.0 Å². The molecule has 24 atom stereocenters. The van der Waals surface area contributed by atoms with Gasteiger partial charge < -0.3 is 35.4 Å². The molecule has 3 aromatic carbocycles. The molecule has 12 aliphatic rings. The van der Waals surface area contributed by atoms with Gasteiger partial charge in [0.05, 0.1) is 35.6 Å². The number of rotatable bonds is 15. The van der Waals surface area contributed by atoms with Gasteiger partial charge in [-0.2, -0.15) is 13.2 Å². The van der Waals surface area contributed by atoms with E-state index in [9.17, 15) is 72.6 Å². The zero-order valence-electron chi connectivity index (χ0n) is 67.6. The lowest BCUT2D eigenvalue weighted by molar-refractivity contribution is -0.218. The molecule has 9 saturated carbocycles. The van der Waals surface area contributed by atoms with Crippen molar-refractivity contribution in [1.29, 1.82) is 0 Å². The van der Waals surface area contributed by atoms with Crippen molar-refractivity contribution in [1.82, 2.24) is 19.9 Å². The van der Waals surface area contributed by atoms with Crippen LogP contribution in [-0.2, 0) is 34.9 Å². The number of benzene rings is 3. The average molecular weight is 1690 g/mol. The highest BCUT2D eigenvalue weighted by Crippen LogP contribution is 2.73. The number of Topliss-reactive ketones (excluding diaryl/α,β-unsaturated/α-hetero) is 3. The lowest BCUT2D eigenvalue weighted by atomic mass is 9.44. The summed E-state index contributed by atoms with van der Waals surface area (Å²) < 4.78 is 62.3. The third kappa shape index (κ3) is 14.0. The third-order valence-corrected chi connectivity index (χ3v) is 34.1. The van der Waals surface area contributed by atoms with Gasteiger partial charge >= 0.3 is 6.18 Å². The second kappa shape index (κ2) is 31.3. The van der Waals surface area contributed by atoms with E-state index in [1.54, 1.807) is 49.7 Å². The fraction of sp³-hybridized carbons (Fsp3) is 0.527. The molecule has 118 heavy (non-hydrogen) atoms. The molecule has 0 radical (unpaired) electrons. The van der Waals surface area contributed by atoms with Crippen LogP contribution in [0, 0.1) is 97.6 Å². The molecule has 0 aliphatic heterocycles. The van der Waals surface area contributed by atoms with Gasteiger partial charge in [-0.1, -0.05) is 156 Å². The van der Waals surface area contributed by atoms with Crippen LogP contribution in [0.25, 0.3) is 11.1 Å². The monoisotopic (exact) mass is 1690 g/mol. The first kappa shape index (κ1) is 85.9. The molecule has 0 amide bonds. The molecule has 5 aromatic rings. The van der Waals surface area contributed by atoms with E-state index < -0.39 is 103 Å². The number of alkyl halides is 4. The van der Waals surface area contributed by atoms with Crippen molar-refractivity contribution in [2.45, 2.75) is 202 Å². The maximum atomic E-state index is 17.4. The van der Waals surface area contributed by atoms with Gasteiger partial charge in [0, 0.05) is 84.3 Å². The number of thioether (sulfide) groups is 3. The van der Waals surface area contributed by atoms with Crippen molar-refractivity contribution in [3.8, 4) is 22.6 Å². The quantitative estimate of drug-likeness (QED) is 0.0323.